The van der Waals surface area contributed by atoms with E-state index in [2.05, 4.69) is 15.4 Å². The number of carbonyl (C=O) groups is 1. The molecule has 0 amide bonds. The van der Waals surface area contributed by atoms with Gasteiger partial charge in [0.15, 0.2) is 5.82 Å². The lowest BCUT2D eigenvalue weighted by molar-refractivity contribution is -0.138. The van der Waals surface area contributed by atoms with Crippen molar-refractivity contribution in [2.24, 2.45) is 0 Å². The number of aromatic nitrogens is 3. The molecule has 19 heavy (non-hydrogen) atoms. The molecule has 0 aromatic carbocycles. The van der Waals surface area contributed by atoms with E-state index in [1.165, 1.54) is 0 Å². The molecular formula is C13H16N4O2. The van der Waals surface area contributed by atoms with Crippen molar-refractivity contribution in [2.75, 3.05) is 5.32 Å². The van der Waals surface area contributed by atoms with Gasteiger partial charge in [0.05, 0.1) is 12.1 Å². The topological polar surface area (TPSA) is 79.5 Å². The molecule has 2 heterocycles. The fourth-order valence-electron chi connectivity index (χ4n) is 2.63. The summed E-state index contributed by atoms with van der Waals surface area (Å²) in [5.74, 6) is -0.0621. The zero-order chi connectivity index (χ0) is 13.5. The van der Waals surface area contributed by atoms with Gasteiger partial charge in [0.25, 0.3) is 0 Å². The van der Waals surface area contributed by atoms with Crippen LogP contribution in [0.5, 0.6) is 0 Å². The van der Waals surface area contributed by atoms with Gasteiger partial charge in [-0.1, -0.05) is 0 Å². The second-order valence-corrected chi connectivity index (χ2v) is 5.22. The molecule has 1 saturated carbocycles. The lowest BCUT2D eigenvalue weighted by Crippen LogP contribution is -2.47. The Morgan fingerprint density at radius 3 is 3.00 bits per heavy atom. The number of aliphatic carboxylic acids is 1. The Labute approximate surface area is 110 Å². The minimum absolute atomic E-state index is 0.128. The molecule has 0 saturated heterocycles. The number of hydrogen-bond donors (Lipinski definition) is 2. The van der Waals surface area contributed by atoms with Gasteiger partial charge in [-0.05, 0) is 32.3 Å². The van der Waals surface area contributed by atoms with E-state index >= 15 is 0 Å². The summed E-state index contributed by atoms with van der Waals surface area (Å²) in [6, 6.07) is 1.95. The lowest BCUT2D eigenvalue weighted by Gasteiger charge is -2.41. The number of rotatable bonds is 4. The Morgan fingerprint density at radius 2 is 2.37 bits per heavy atom. The van der Waals surface area contributed by atoms with Crippen LogP contribution in [-0.2, 0) is 4.79 Å². The molecule has 6 nitrogen and oxygen atoms in total. The van der Waals surface area contributed by atoms with Crippen LogP contribution in [0.15, 0.2) is 18.5 Å². The Bertz CT molecular complexity index is 631. The Balaban J connectivity index is 1.94. The second-order valence-electron chi connectivity index (χ2n) is 5.22. The van der Waals surface area contributed by atoms with Crippen LogP contribution >= 0.6 is 0 Å². The van der Waals surface area contributed by atoms with Crippen LogP contribution in [-0.4, -0.2) is 31.2 Å². The van der Waals surface area contributed by atoms with Gasteiger partial charge in [-0.3, -0.25) is 4.79 Å². The largest absolute Gasteiger partial charge is 0.481 e. The van der Waals surface area contributed by atoms with Crippen molar-refractivity contribution in [3.8, 4) is 0 Å². The third-order valence-corrected chi connectivity index (χ3v) is 3.70. The van der Waals surface area contributed by atoms with Gasteiger partial charge in [0, 0.05) is 17.9 Å². The third kappa shape index (κ3) is 2.14. The smallest absolute Gasteiger partial charge is 0.305 e. The first kappa shape index (κ1) is 12.0. The Kier molecular flexibility index (Phi) is 2.66. The number of aryl methyl sites for hydroxylation is 1. The van der Waals surface area contributed by atoms with E-state index in [9.17, 15) is 4.79 Å². The maximum absolute atomic E-state index is 11.0. The zero-order valence-electron chi connectivity index (χ0n) is 10.8. The van der Waals surface area contributed by atoms with Crippen LogP contribution in [0.3, 0.4) is 0 Å². The minimum Gasteiger partial charge on any atom is -0.481 e. The van der Waals surface area contributed by atoms with Crippen molar-refractivity contribution in [2.45, 2.75) is 38.1 Å². The number of hydrogen-bond acceptors (Lipinski definition) is 4. The molecule has 1 aliphatic rings. The van der Waals surface area contributed by atoms with E-state index in [-0.39, 0.29) is 12.0 Å². The van der Waals surface area contributed by atoms with Gasteiger partial charge in [-0.25, -0.2) is 9.50 Å². The SMILES string of the molecule is Cc1cc2c(NC3(CC(=O)O)CCC3)nccn2n1. The van der Waals surface area contributed by atoms with Crippen molar-refractivity contribution in [3.05, 3.63) is 24.2 Å². The highest BCUT2D eigenvalue weighted by molar-refractivity contribution is 5.73. The molecule has 0 bridgehead atoms. The number of fused-ring (bicyclic) bond motifs is 1. The molecule has 2 N–H and O–H groups in total. The number of carboxylic acids is 1. The van der Waals surface area contributed by atoms with Crippen molar-refractivity contribution >= 4 is 17.3 Å². The number of nitrogens with one attached hydrogen (secondary N) is 1. The van der Waals surface area contributed by atoms with Gasteiger partial charge in [0.1, 0.15) is 5.52 Å². The van der Waals surface area contributed by atoms with Crippen LogP contribution in [0.1, 0.15) is 31.4 Å². The quantitative estimate of drug-likeness (QED) is 0.877. The fraction of sp³-hybridized carbons (Fsp3) is 0.462. The first-order valence-corrected chi connectivity index (χ1v) is 6.39. The van der Waals surface area contributed by atoms with E-state index in [0.717, 1.165) is 30.5 Å². The number of anilines is 1. The molecule has 0 unspecified atom stereocenters. The summed E-state index contributed by atoms with van der Waals surface area (Å²) in [4.78, 5) is 15.3. The highest BCUT2D eigenvalue weighted by Crippen LogP contribution is 2.38. The molecule has 6 heteroatoms. The molecule has 0 atom stereocenters. The standard InChI is InChI=1S/C13H16N4O2/c1-9-7-10-12(14-5-6-17(10)16-9)15-13(3-2-4-13)8-11(18)19/h5-7H,2-4,8H2,1H3,(H,14,15)(H,18,19). The van der Waals surface area contributed by atoms with Crippen molar-refractivity contribution in [1.29, 1.82) is 0 Å². The molecule has 1 fully saturated rings. The Morgan fingerprint density at radius 1 is 1.58 bits per heavy atom. The van der Waals surface area contributed by atoms with Gasteiger partial charge in [-0.2, -0.15) is 5.10 Å². The van der Waals surface area contributed by atoms with Crippen LogP contribution in [0.2, 0.25) is 0 Å². The van der Waals surface area contributed by atoms with Crippen molar-refractivity contribution in [1.82, 2.24) is 14.6 Å². The Hall–Kier alpha value is -2.11. The van der Waals surface area contributed by atoms with E-state index in [1.54, 1.807) is 16.9 Å². The first-order valence-electron chi connectivity index (χ1n) is 6.39. The predicted molar refractivity (Wildman–Crippen MR) is 70.2 cm³/mol. The molecule has 0 aliphatic heterocycles. The zero-order valence-corrected chi connectivity index (χ0v) is 10.8. The van der Waals surface area contributed by atoms with Crippen molar-refractivity contribution < 1.29 is 9.90 Å². The van der Waals surface area contributed by atoms with E-state index in [0.29, 0.717) is 5.82 Å². The highest BCUT2D eigenvalue weighted by atomic mass is 16.4. The maximum Gasteiger partial charge on any atom is 0.305 e. The summed E-state index contributed by atoms with van der Waals surface area (Å²) in [6.07, 6.45) is 6.39. The fourth-order valence-corrected chi connectivity index (χ4v) is 2.63. The minimum atomic E-state index is -0.774. The van der Waals surface area contributed by atoms with Crippen molar-refractivity contribution in [3.63, 3.8) is 0 Å². The molecule has 0 spiro atoms. The molecule has 2 aromatic rings. The third-order valence-electron chi connectivity index (χ3n) is 3.70. The van der Waals surface area contributed by atoms with Crippen LogP contribution in [0.25, 0.3) is 5.52 Å². The lowest BCUT2D eigenvalue weighted by atomic mass is 9.74. The van der Waals surface area contributed by atoms with Gasteiger partial charge >= 0.3 is 5.97 Å². The average Bonchev–Trinajstić information content (AvgIpc) is 2.67. The summed E-state index contributed by atoms with van der Waals surface area (Å²) in [7, 11) is 0. The molecule has 0 radical (unpaired) electrons. The monoisotopic (exact) mass is 260 g/mol. The van der Waals surface area contributed by atoms with E-state index < -0.39 is 5.97 Å². The molecular weight excluding hydrogens is 244 g/mol. The van der Waals surface area contributed by atoms with Crippen LogP contribution < -0.4 is 5.32 Å². The average molecular weight is 260 g/mol. The summed E-state index contributed by atoms with van der Waals surface area (Å²) in [5.41, 5.74) is 1.45. The van der Waals surface area contributed by atoms with E-state index in [1.807, 2.05) is 13.0 Å². The summed E-state index contributed by atoms with van der Waals surface area (Å²) in [6.45, 7) is 1.92. The summed E-state index contributed by atoms with van der Waals surface area (Å²) in [5, 5.41) is 16.7. The highest BCUT2D eigenvalue weighted by Gasteiger charge is 2.39. The van der Waals surface area contributed by atoms with E-state index in [4.69, 9.17) is 5.11 Å². The summed E-state index contributed by atoms with van der Waals surface area (Å²) >= 11 is 0. The maximum atomic E-state index is 11.0. The molecule has 2 aromatic heterocycles. The summed E-state index contributed by atoms with van der Waals surface area (Å²) < 4.78 is 1.76. The van der Waals surface area contributed by atoms with Crippen LogP contribution in [0, 0.1) is 6.92 Å². The van der Waals surface area contributed by atoms with Crippen LogP contribution in [0.4, 0.5) is 5.82 Å². The predicted octanol–water partition coefficient (Wildman–Crippen LogP) is 1.85. The van der Waals surface area contributed by atoms with Gasteiger partial charge in [-0.15, -0.1) is 0 Å². The molecule has 3 rings (SSSR count). The van der Waals surface area contributed by atoms with Gasteiger partial charge < -0.3 is 10.4 Å². The van der Waals surface area contributed by atoms with Gasteiger partial charge in [0.2, 0.25) is 0 Å². The molecule has 1 aliphatic carbocycles. The molecule has 100 valence electrons. The normalized spacial score (nSPS) is 17.1. The number of carboxylic acid groups (broad SMARTS) is 1. The number of nitrogens with zero attached hydrogens (tertiary/aromatic N) is 3. The first-order chi connectivity index (χ1) is 9.08. The second kappa shape index (κ2) is 4.22.